The highest BCUT2D eigenvalue weighted by Gasteiger charge is 2.32. The molecule has 1 amide bonds. The van der Waals surface area contributed by atoms with Gasteiger partial charge in [0.25, 0.3) is 0 Å². The van der Waals surface area contributed by atoms with E-state index in [1.54, 1.807) is 11.0 Å². The Balaban J connectivity index is 2.11. The molecule has 1 unspecified atom stereocenters. The molecule has 0 saturated carbocycles. The Morgan fingerprint density at radius 2 is 2.14 bits per heavy atom. The molecule has 22 heavy (non-hydrogen) atoms. The number of amides is 1. The molecule has 120 valence electrons. The van der Waals surface area contributed by atoms with Gasteiger partial charge >= 0.3 is 6.36 Å². The number of hydrogen-bond acceptors (Lipinski definition) is 3. The number of nitrogens with two attached hydrogens (primary N) is 1. The fourth-order valence-corrected chi connectivity index (χ4v) is 2.46. The maximum absolute atomic E-state index is 12.3. The topological polar surface area (TPSA) is 55.6 Å². The van der Waals surface area contributed by atoms with E-state index in [4.69, 9.17) is 5.73 Å². The van der Waals surface area contributed by atoms with Gasteiger partial charge in [-0.3, -0.25) is 4.79 Å². The molecule has 2 N–H and O–H groups in total. The number of benzene rings is 1. The molecule has 1 aliphatic rings. The minimum atomic E-state index is -4.77. The largest absolute Gasteiger partial charge is 0.573 e. The average Bonchev–Trinajstić information content (AvgIpc) is 2.93. The lowest BCUT2D eigenvalue weighted by atomic mass is 10.2. The second-order valence-corrected chi connectivity index (χ2v) is 4.98. The smallest absolute Gasteiger partial charge is 0.405 e. The van der Waals surface area contributed by atoms with Gasteiger partial charge in [-0.15, -0.1) is 13.2 Å². The summed E-state index contributed by atoms with van der Waals surface area (Å²) in [6.45, 7) is 0.999. The molecule has 2 rings (SSSR count). The van der Waals surface area contributed by atoms with Crippen LogP contribution in [0.5, 0.6) is 5.75 Å². The van der Waals surface area contributed by atoms with Crippen LogP contribution in [0.25, 0.3) is 6.08 Å². The zero-order valence-electron chi connectivity index (χ0n) is 11.8. The Morgan fingerprint density at radius 1 is 1.41 bits per heavy atom. The van der Waals surface area contributed by atoms with Crippen molar-refractivity contribution in [2.24, 2.45) is 5.73 Å². The van der Waals surface area contributed by atoms with E-state index in [9.17, 15) is 18.0 Å². The lowest BCUT2D eigenvalue weighted by Crippen LogP contribution is -2.38. The molecular weight excluding hydrogens is 297 g/mol. The minimum absolute atomic E-state index is 0.00109. The molecule has 7 heteroatoms. The second kappa shape index (κ2) is 6.83. The van der Waals surface area contributed by atoms with Gasteiger partial charge in [0.05, 0.1) is 0 Å². The van der Waals surface area contributed by atoms with Crippen molar-refractivity contribution in [3.8, 4) is 5.75 Å². The number of alkyl halides is 3. The van der Waals surface area contributed by atoms with Gasteiger partial charge in [0.1, 0.15) is 5.75 Å². The van der Waals surface area contributed by atoms with Gasteiger partial charge in [0.15, 0.2) is 0 Å². The summed E-state index contributed by atoms with van der Waals surface area (Å²) in [5, 5.41) is 0. The summed E-state index contributed by atoms with van der Waals surface area (Å²) in [6.07, 6.45) is -0.450. The molecule has 1 fully saturated rings. The first kappa shape index (κ1) is 16.4. The van der Waals surface area contributed by atoms with E-state index < -0.39 is 6.36 Å². The van der Waals surface area contributed by atoms with E-state index in [0.29, 0.717) is 13.1 Å². The first-order chi connectivity index (χ1) is 10.4. The molecular formula is C15H17F3N2O2. The lowest BCUT2D eigenvalue weighted by Gasteiger charge is -2.21. The number of ether oxygens (including phenoxy) is 1. The molecule has 4 nitrogen and oxygen atoms in total. The van der Waals surface area contributed by atoms with E-state index in [0.717, 1.165) is 12.8 Å². The maximum atomic E-state index is 12.3. The molecule has 0 radical (unpaired) electrons. The number of carbonyl (C=O) groups excluding carboxylic acids is 1. The van der Waals surface area contributed by atoms with Crippen LogP contribution in [-0.4, -0.2) is 36.3 Å². The third-order valence-corrected chi connectivity index (χ3v) is 3.48. The van der Waals surface area contributed by atoms with Crippen molar-refractivity contribution in [2.45, 2.75) is 25.2 Å². The Labute approximate surface area is 126 Å². The number of halogens is 3. The van der Waals surface area contributed by atoms with Gasteiger partial charge in [-0.2, -0.15) is 0 Å². The molecule has 0 bridgehead atoms. The molecule has 1 aromatic rings. The molecule has 0 aromatic heterocycles. The van der Waals surface area contributed by atoms with E-state index in [1.807, 2.05) is 0 Å². The van der Waals surface area contributed by atoms with Gasteiger partial charge in [0, 0.05) is 30.8 Å². The highest BCUT2D eigenvalue weighted by molar-refractivity contribution is 5.92. The van der Waals surface area contributed by atoms with Crippen molar-refractivity contribution in [3.05, 3.63) is 35.9 Å². The lowest BCUT2D eigenvalue weighted by molar-refractivity contribution is -0.274. The van der Waals surface area contributed by atoms with Crippen molar-refractivity contribution in [3.63, 3.8) is 0 Å². The Kier molecular flexibility index (Phi) is 5.07. The third-order valence-electron chi connectivity index (χ3n) is 3.48. The van der Waals surface area contributed by atoms with Gasteiger partial charge in [-0.1, -0.05) is 18.2 Å². The van der Waals surface area contributed by atoms with Crippen molar-refractivity contribution in [1.82, 2.24) is 4.90 Å². The van der Waals surface area contributed by atoms with Crippen LogP contribution < -0.4 is 10.5 Å². The molecule has 1 saturated heterocycles. The first-order valence-corrected chi connectivity index (χ1v) is 6.94. The number of nitrogens with zero attached hydrogens (tertiary/aromatic N) is 1. The van der Waals surface area contributed by atoms with E-state index >= 15 is 0 Å². The average molecular weight is 314 g/mol. The maximum Gasteiger partial charge on any atom is 0.573 e. The monoisotopic (exact) mass is 314 g/mol. The predicted molar refractivity (Wildman–Crippen MR) is 75.9 cm³/mol. The van der Waals surface area contributed by atoms with Crippen molar-refractivity contribution in [1.29, 1.82) is 0 Å². The zero-order valence-corrected chi connectivity index (χ0v) is 11.8. The summed E-state index contributed by atoms with van der Waals surface area (Å²) in [5.74, 6) is -0.592. The summed E-state index contributed by atoms with van der Waals surface area (Å²) in [6, 6.07) is 5.67. The van der Waals surface area contributed by atoms with Crippen molar-refractivity contribution < 1.29 is 22.7 Å². The molecule has 1 heterocycles. The van der Waals surface area contributed by atoms with Crippen LogP contribution in [0.1, 0.15) is 18.4 Å². The molecule has 0 spiro atoms. The highest BCUT2D eigenvalue weighted by atomic mass is 19.4. The number of para-hydroxylation sites is 1. The van der Waals surface area contributed by atoms with Gasteiger partial charge < -0.3 is 15.4 Å². The van der Waals surface area contributed by atoms with Crippen LogP contribution in [0.4, 0.5) is 13.2 Å². The Hall–Kier alpha value is -2.02. The first-order valence-electron chi connectivity index (χ1n) is 6.94. The van der Waals surface area contributed by atoms with Crippen LogP contribution in [0, 0.1) is 0 Å². The number of rotatable bonds is 4. The number of carbonyl (C=O) groups is 1. The fourth-order valence-electron chi connectivity index (χ4n) is 2.46. The molecule has 1 aromatic carbocycles. The summed E-state index contributed by atoms with van der Waals surface area (Å²) >= 11 is 0. The van der Waals surface area contributed by atoms with Crippen molar-refractivity contribution in [2.75, 3.05) is 13.1 Å². The molecule has 1 aliphatic heterocycles. The SMILES string of the molecule is NCC1CCCN1C(=O)/C=C/c1ccccc1OC(F)(F)F. The normalized spacial score (nSPS) is 18.9. The molecule has 0 aliphatic carbocycles. The quantitative estimate of drug-likeness (QED) is 0.869. The molecule has 1 atom stereocenters. The summed E-state index contributed by atoms with van der Waals surface area (Å²) in [4.78, 5) is 13.7. The van der Waals surface area contributed by atoms with Crippen LogP contribution in [-0.2, 0) is 4.79 Å². The van der Waals surface area contributed by atoms with Crippen LogP contribution in [0.15, 0.2) is 30.3 Å². The Bertz CT molecular complexity index is 558. The van der Waals surface area contributed by atoms with Crippen LogP contribution in [0.3, 0.4) is 0 Å². The zero-order chi connectivity index (χ0) is 16.2. The highest BCUT2D eigenvalue weighted by Crippen LogP contribution is 2.27. The third kappa shape index (κ3) is 4.24. The fraction of sp³-hybridized carbons (Fsp3) is 0.400. The van der Waals surface area contributed by atoms with Gasteiger partial charge in [0.2, 0.25) is 5.91 Å². The number of hydrogen-bond donors (Lipinski definition) is 1. The van der Waals surface area contributed by atoms with E-state index in [-0.39, 0.29) is 23.3 Å². The minimum Gasteiger partial charge on any atom is -0.405 e. The van der Waals surface area contributed by atoms with Crippen molar-refractivity contribution >= 4 is 12.0 Å². The summed E-state index contributed by atoms with van der Waals surface area (Å²) < 4.78 is 40.9. The standard InChI is InChI=1S/C15H17F3N2O2/c16-15(17,18)22-13-6-2-1-4-11(13)7-8-14(21)20-9-3-5-12(20)10-19/h1-2,4,6-8,12H,3,5,9-10,19H2/b8-7+. The summed E-state index contributed by atoms with van der Waals surface area (Å²) in [7, 11) is 0. The van der Waals surface area contributed by atoms with Crippen LogP contribution >= 0.6 is 0 Å². The van der Waals surface area contributed by atoms with Gasteiger partial charge in [-0.25, -0.2) is 0 Å². The van der Waals surface area contributed by atoms with E-state index in [2.05, 4.69) is 4.74 Å². The second-order valence-electron chi connectivity index (χ2n) is 4.98. The van der Waals surface area contributed by atoms with Crippen LogP contribution in [0.2, 0.25) is 0 Å². The van der Waals surface area contributed by atoms with Gasteiger partial charge in [-0.05, 0) is 25.0 Å². The predicted octanol–water partition coefficient (Wildman–Crippen LogP) is 2.55. The van der Waals surface area contributed by atoms with E-state index in [1.165, 1.54) is 30.4 Å². The Morgan fingerprint density at radius 3 is 2.82 bits per heavy atom. The summed E-state index contributed by atoms with van der Waals surface area (Å²) in [5.41, 5.74) is 5.79. The number of likely N-dealkylation sites (tertiary alicyclic amines) is 1.